The van der Waals surface area contributed by atoms with Crippen molar-refractivity contribution in [2.75, 3.05) is 18.8 Å². The largest absolute Gasteiger partial charge is 0.457 e. The SMILES string of the molecule is N#C/C(=C\C1CC1)C(O)N1CCC[C@@H](n2nc(-c3ccc(Oc4ccccc4)cc3)c3c(N)ncnc32)C1. The molecular formula is C29H29N7O2. The molecule has 2 aromatic heterocycles. The average Bonchev–Trinajstić information content (AvgIpc) is 3.69. The number of piperidine rings is 1. The minimum Gasteiger partial charge on any atom is -0.457 e. The number of allylic oxidation sites excluding steroid dienone is 1. The third-order valence-electron chi connectivity index (χ3n) is 7.19. The Morgan fingerprint density at radius 2 is 1.84 bits per heavy atom. The lowest BCUT2D eigenvalue weighted by molar-refractivity contribution is 0.00716. The van der Waals surface area contributed by atoms with Gasteiger partial charge >= 0.3 is 0 Å². The van der Waals surface area contributed by atoms with E-state index in [1.165, 1.54) is 6.33 Å². The van der Waals surface area contributed by atoms with Crippen LogP contribution in [0.5, 0.6) is 11.5 Å². The number of nitrogens with zero attached hydrogens (tertiary/aromatic N) is 6. The van der Waals surface area contributed by atoms with Gasteiger partial charge in [-0.2, -0.15) is 10.4 Å². The van der Waals surface area contributed by atoms with Gasteiger partial charge in [-0.1, -0.05) is 24.3 Å². The molecule has 3 N–H and O–H groups in total. The van der Waals surface area contributed by atoms with Crippen LogP contribution < -0.4 is 10.5 Å². The van der Waals surface area contributed by atoms with Gasteiger partial charge in [0.15, 0.2) is 5.65 Å². The van der Waals surface area contributed by atoms with Crippen LogP contribution in [-0.2, 0) is 0 Å². The summed E-state index contributed by atoms with van der Waals surface area (Å²) < 4.78 is 7.85. The first-order valence-electron chi connectivity index (χ1n) is 13.0. The van der Waals surface area contributed by atoms with Crippen LogP contribution >= 0.6 is 0 Å². The average molecular weight is 508 g/mol. The number of hydrogen-bond acceptors (Lipinski definition) is 8. The molecule has 38 heavy (non-hydrogen) atoms. The van der Waals surface area contributed by atoms with Crippen molar-refractivity contribution in [3.63, 3.8) is 0 Å². The first kappa shape index (κ1) is 24.1. The van der Waals surface area contributed by atoms with Crippen LogP contribution in [0.4, 0.5) is 5.82 Å². The predicted octanol–water partition coefficient (Wildman–Crippen LogP) is 4.68. The molecule has 1 unspecified atom stereocenters. The lowest BCUT2D eigenvalue weighted by Gasteiger charge is -2.35. The third-order valence-corrected chi connectivity index (χ3v) is 7.19. The van der Waals surface area contributed by atoms with Gasteiger partial charge in [0, 0.05) is 18.7 Å². The van der Waals surface area contributed by atoms with Crippen LogP contribution in [0.25, 0.3) is 22.3 Å². The molecule has 0 radical (unpaired) electrons. The predicted molar refractivity (Wildman–Crippen MR) is 144 cm³/mol. The van der Waals surface area contributed by atoms with Crippen molar-refractivity contribution in [2.45, 2.75) is 38.0 Å². The number of rotatable bonds is 7. The van der Waals surface area contributed by atoms with E-state index >= 15 is 0 Å². The lowest BCUT2D eigenvalue weighted by Crippen LogP contribution is -2.44. The molecule has 2 fully saturated rings. The number of likely N-dealkylation sites (tertiary alicyclic amines) is 1. The monoisotopic (exact) mass is 507 g/mol. The number of anilines is 1. The summed E-state index contributed by atoms with van der Waals surface area (Å²) in [6, 6.07) is 19.5. The molecule has 9 heteroatoms. The van der Waals surface area contributed by atoms with Gasteiger partial charge in [0.2, 0.25) is 0 Å². The van der Waals surface area contributed by atoms with Crippen LogP contribution in [0.1, 0.15) is 31.7 Å². The number of aliphatic hydroxyl groups is 1. The van der Waals surface area contributed by atoms with Gasteiger partial charge < -0.3 is 15.6 Å². The van der Waals surface area contributed by atoms with E-state index in [1.54, 1.807) is 0 Å². The van der Waals surface area contributed by atoms with Gasteiger partial charge in [0.05, 0.1) is 23.1 Å². The molecule has 0 bridgehead atoms. The fraction of sp³-hybridized carbons (Fsp3) is 0.310. The molecule has 0 amide bonds. The summed E-state index contributed by atoms with van der Waals surface area (Å²) in [5.74, 6) is 2.27. The second-order valence-electron chi connectivity index (χ2n) is 9.93. The summed E-state index contributed by atoms with van der Waals surface area (Å²) in [5.41, 5.74) is 9.00. The Labute approximate surface area is 220 Å². The molecule has 1 saturated carbocycles. The topological polar surface area (TPSA) is 126 Å². The van der Waals surface area contributed by atoms with Crippen molar-refractivity contribution >= 4 is 16.9 Å². The maximum atomic E-state index is 11.0. The van der Waals surface area contributed by atoms with Crippen molar-refractivity contribution in [3.8, 4) is 28.8 Å². The molecule has 2 aliphatic rings. The lowest BCUT2D eigenvalue weighted by atomic mass is 10.0. The highest BCUT2D eigenvalue weighted by Crippen LogP contribution is 2.36. The number of nitrogens with two attached hydrogens (primary N) is 1. The number of nitrogen functional groups attached to an aromatic ring is 1. The van der Waals surface area contributed by atoms with Crippen molar-refractivity contribution in [2.24, 2.45) is 5.92 Å². The second-order valence-corrected chi connectivity index (χ2v) is 9.93. The van der Waals surface area contributed by atoms with Gasteiger partial charge in [0.25, 0.3) is 0 Å². The summed E-state index contributed by atoms with van der Waals surface area (Å²) in [6.07, 6.45) is 6.38. The highest BCUT2D eigenvalue weighted by atomic mass is 16.5. The van der Waals surface area contributed by atoms with Crippen LogP contribution in [0.2, 0.25) is 0 Å². The maximum Gasteiger partial charge on any atom is 0.164 e. The van der Waals surface area contributed by atoms with E-state index in [-0.39, 0.29) is 6.04 Å². The number of benzene rings is 2. The van der Waals surface area contributed by atoms with E-state index in [9.17, 15) is 10.4 Å². The summed E-state index contributed by atoms with van der Waals surface area (Å²) in [4.78, 5) is 10.7. The van der Waals surface area contributed by atoms with E-state index in [2.05, 4.69) is 16.0 Å². The Morgan fingerprint density at radius 1 is 1.08 bits per heavy atom. The zero-order valence-corrected chi connectivity index (χ0v) is 20.9. The number of fused-ring (bicyclic) bond motifs is 1. The smallest absolute Gasteiger partial charge is 0.164 e. The van der Waals surface area contributed by atoms with E-state index in [4.69, 9.17) is 15.6 Å². The highest BCUT2D eigenvalue weighted by molar-refractivity contribution is 5.98. The summed E-state index contributed by atoms with van der Waals surface area (Å²) in [6.45, 7) is 1.27. The number of nitriles is 1. The Balaban J connectivity index is 1.30. The molecule has 2 atom stereocenters. The van der Waals surface area contributed by atoms with Gasteiger partial charge in [-0.3, -0.25) is 4.90 Å². The Kier molecular flexibility index (Phi) is 6.50. The second kappa shape index (κ2) is 10.2. The first-order chi connectivity index (χ1) is 18.6. The Hall–Kier alpha value is -4.26. The number of aliphatic hydroxyl groups excluding tert-OH is 1. The zero-order valence-electron chi connectivity index (χ0n) is 20.9. The minimum atomic E-state index is -0.915. The molecule has 3 heterocycles. The van der Waals surface area contributed by atoms with Crippen molar-refractivity contribution in [3.05, 3.63) is 72.6 Å². The van der Waals surface area contributed by atoms with Gasteiger partial charge in [-0.15, -0.1) is 0 Å². The first-order valence-corrected chi connectivity index (χ1v) is 13.0. The maximum absolute atomic E-state index is 11.0. The van der Waals surface area contributed by atoms with E-state index in [0.29, 0.717) is 47.1 Å². The van der Waals surface area contributed by atoms with Crippen LogP contribution in [0.3, 0.4) is 0 Å². The molecule has 4 aromatic rings. The van der Waals surface area contributed by atoms with Crippen molar-refractivity contribution < 1.29 is 9.84 Å². The van der Waals surface area contributed by atoms with Gasteiger partial charge in [0.1, 0.15) is 35.6 Å². The van der Waals surface area contributed by atoms with E-state index in [0.717, 1.165) is 42.7 Å². The normalized spacial score (nSPS) is 19.3. The van der Waals surface area contributed by atoms with Crippen LogP contribution in [0.15, 0.2) is 72.6 Å². The third kappa shape index (κ3) is 4.84. The molecule has 9 nitrogen and oxygen atoms in total. The molecule has 2 aromatic carbocycles. The summed E-state index contributed by atoms with van der Waals surface area (Å²) in [7, 11) is 0. The van der Waals surface area contributed by atoms with Gasteiger partial charge in [-0.25, -0.2) is 14.6 Å². The zero-order chi connectivity index (χ0) is 26.1. The van der Waals surface area contributed by atoms with E-state index < -0.39 is 6.23 Å². The molecular weight excluding hydrogens is 478 g/mol. The molecule has 192 valence electrons. The van der Waals surface area contributed by atoms with Crippen molar-refractivity contribution in [1.82, 2.24) is 24.6 Å². The molecule has 1 saturated heterocycles. The molecule has 1 aliphatic heterocycles. The standard InChI is InChI=1S/C29H29N7O2/c30-16-21(15-19-8-9-19)29(37)35-14-4-5-22(17-35)36-28-25(27(31)32-18-33-28)26(34-36)20-10-12-24(13-11-20)38-23-6-2-1-3-7-23/h1-3,6-7,10-13,15,18-19,22,29,37H,4-5,8-9,14,17H2,(H2,31,32,33)/b21-15+/t22-,29?/m1/s1. The number of para-hydroxylation sites is 1. The number of aromatic nitrogens is 4. The van der Waals surface area contributed by atoms with Crippen molar-refractivity contribution in [1.29, 1.82) is 5.26 Å². The quantitative estimate of drug-likeness (QED) is 0.345. The van der Waals surface area contributed by atoms with Gasteiger partial charge in [-0.05, 0) is 68.0 Å². The molecule has 6 rings (SSSR count). The fourth-order valence-corrected chi connectivity index (χ4v) is 5.06. The number of ether oxygens (including phenoxy) is 1. The molecule has 0 spiro atoms. The highest BCUT2D eigenvalue weighted by Gasteiger charge is 2.31. The minimum absolute atomic E-state index is 0.0366. The fourth-order valence-electron chi connectivity index (χ4n) is 5.06. The van der Waals surface area contributed by atoms with Crippen LogP contribution in [0, 0.1) is 17.2 Å². The van der Waals surface area contributed by atoms with Crippen LogP contribution in [-0.4, -0.2) is 49.1 Å². The Morgan fingerprint density at radius 3 is 2.58 bits per heavy atom. The number of hydrogen-bond donors (Lipinski definition) is 2. The Bertz CT molecular complexity index is 1500. The molecule has 1 aliphatic carbocycles. The summed E-state index contributed by atoms with van der Waals surface area (Å²) in [5, 5.41) is 26.3. The summed E-state index contributed by atoms with van der Waals surface area (Å²) >= 11 is 0. The van der Waals surface area contributed by atoms with E-state index in [1.807, 2.05) is 70.3 Å².